The van der Waals surface area contributed by atoms with Gasteiger partial charge >= 0.3 is 0 Å². The van der Waals surface area contributed by atoms with Gasteiger partial charge in [-0.05, 0) is 48.8 Å². The Bertz CT molecular complexity index is 1520. The standard InChI is InChI=1S/C43H56N4O4/c1-4-32(2)30-47(3)25-15-16-33(31-47)28-44-41(50)38-23-14-24-45(38)42(51)39-26-37(48)29-46(39)40(49)27-43(34-17-8-5-9-18-34,35-19-10-6-11-20-35)36-21-12-7-13-22-36/h5-13,17-22,32-33,37-39,48H,4,14-16,23-31H2,1-3H3/p+1/t32?,33-,37-,38-,39+,47?/m1/s1. The maximum absolute atomic E-state index is 14.7. The first-order valence-corrected chi connectivity index (χ1v) is 19.2. The molecule has 272 valence electrons. The molecule has 51 heavy (non-hydrogen) atoms. The lowest BCUT2D eigenvalue weighted by molar-refractivity contribution is -0.920. The van der Waals surface area contributed by atoms with Crippen molar-refractivity contribution in [2.75, 3.05) is 46.3 Å². The molecule has 0 bridgehead atoms. The summed E-state index contributed by atoms with van der Waals surface area (Å²) in [6.45, 7) is 9.17. The molecule has 2 N–H and O–H groups in total. The van der Waals surface area contributed by atoms with Gasteiger partial charge in [0.1, 0.15) is 12.1 Å². The summed E-state index contributed by atoms with van der Waals surface area (Å²) in [5.41, 5.74) is 2.12. The van der Waals surface area contributed by atoms with Crippen molar-refractivity contribution < 1.29 is 24.0 Å². The summed E-state index contributed by atoms with van der Waals surface area (Å²) in [6.07, 6.45) is 4.22. The molecule has 3 saturated heterocycles. The number of aliphatic hydroxyl groups excluding tert-OH is 1. The maximum Gasteiger partial charge on any atom is 0.246 e. The molecular formula is C43H57N4O4+. The maximum atomic E-state index is 14.7. The Labute approximate surface area is 304 Å². The number of carbonyl (C=O) groups excluding carboxylic acids is 3. The summed E-state index contributed by atoms with van der Waals surface area (Å²) >= 11 is 0. The molecule has 0 aromatic heterocycles. The first-order chi connectivity index (χ1) is 24.6. The van der Waals surface area contributed by atoms with Gasteiger partial charge in [-0.25, -0.2) is 0 Å². The van der Waals surface area contributed by atoms with Gasteiger partial charge in [0.05, 0.1) is 38.2 Å². The number of likely N-dealkylation sites (tertiary alicyclic amines) is 3. The van der Waals surface area contributed by atoms with Gasteiger partial charge in [-0.2, -0.15) is 0 Å². The van der Waals surface area contributed by atoms with Crippen LogP contribution >= 0.6 is 0 Å². The topological polar surface area (TPSA) is 89.9 Å². The van der Waals surface area contributed by atoms with Gasteiger partial charge in [0, 0.05) is 44.3 Å². The van der Waals surface area contributed by atoms with Gasteiger partial charge in [-0.15, -0.1) is 0 Å². The van der Waals surface area contributed by atoms with Crippen LogP contribution < -0.4 is 5.32 Å². The van der Waals surface area contributed by atoms with Crippen LogP contribution in [0.4, 0.5) is 0 Å². The Hall–Kier alpha value is -4.01. The molecule has 8 heteroatoms. The van der Waals surface area contributed by atoms with E-state index in [9.17, 15) is 19.5 Å². The molecule has 3 aromatic carbocycles. The zero-order valence-corrected chi connectivity index (χ0v) is 30.8. The van der Waals surface area contributed by atoms with Crippen LogP contribution in [-0.4, -0.2) is 102 Å². The first-order valence-electron chi connectivity index (χ1n) is 19.2. The van der Waals surface area contributed by atoms with E-state index in [0.29, 0.717) is 31.3 Å². The predicted octanol–water partition coefficient (Wildman–Crippen LogP) is 5.38. The van der Waals surface area contributed by atoms with E-state index in [1.807, 2.05) is 54.6 Å². The summed E-state index contributed by atoms with van der Waals surface area (Å²) in [5, 5.41) is 14.2. The lowest BCUT2D eigenvalue weighted by Crippen LogP contribution is -2.56. The predicted molar refractivity (Wildman–Crippen MR) is 201 cm³/mol. The number of amides is 3. The number of nitrogens with zero attached hydrogens (tertiary/aromatic N) is 3. The van der Waals surface area contributed by atoms with Crippen LogP contribution in [0.15, 0.2) is 91.0 Å². The minimum atomic E-state index is -0.821. The Morgan fingerprint density at radius 3 is 2.02 bits per heavy atom. The van der Waals surface area contributed by atoms with Gasteiger partial charge in [-0.1, -0.05) is 105 Å². The fraction of sp³-hybridized carbons (Fsp3) is 0.512. The van der Waals surface area contributed by atoms with Gasteiger partial charge in [0.15, 0.2) is 0 Å². The summed E-state index contributed by atoms with van der Waals surface area (Å²) in [6, 6.07) is 28.8. The first kappa shape index (κ1) is 36.8. The van der Waals surface area contributed by atoms with E-state index in [1.54, 1.807) is 9.80 Å². The minimum absolute atomic E-state index is 0.0846. The molecule has 3 aliphatic heterocycles. The van der Waals surface area contributed by atoms with Crippen LogP contribution in [0.3, 0.4) is 0 Å². The highest BCUT2D eigenvalue weighted by molar-refractivity contribution is 5.93. The molecule has 0 spiro atoms. The average Bonchev–Trinajstić information content (AvgIpc) is 3.81. The van der Waals surface area contributed by atoms with E-state index < -0.39 is 23.6 Å². The van der Waals surface area contributed by atoms with Crippen LogP contribution in [0, 0.1) is 11.8 Å². The number of aliphatic hydroxyl groups is 1. The highest BCUT2D eigenvalue weighted by atomic mass is 16.3. The number of rotatable bonds is 12. The Morgan fingerprint density at radius 2 is 1.45 bits per heavy atom. The van der Waals surface area contributed by atoms with E-state index in [4.69, 9.17) is 0 Å². The number of hydrogen-bond acceptors (Lipinski definition) is 4. The second-order valence-corrected chi connectivity index (χ2v) is 15.8. The zero-order chi connectivity index (χ0) is 36.0. The third kappa shape index (κ3) is 8.07. The molecule has 3 fully saturated rings. The number of hydrogen-bond donors (Lipinski definition) is 2. The van der Waals surface area contributed by atoms with Crippen molar-refractivity contribution in [1.29, 1.82) is 0 Å². The molecule has 8 nitrogen and oxygen atoms in total. The third-order valence-corrected chi connectivity index (χ3v) is 12.0. The summed E-state index contributed by atoms with van der Waals surface area (Å²) in [4.78, 5) is 46.0. The fourth-order valence-corrected chi connectivity index (χ4v) is 9.26. The van der Waals surface area contributed by atoms with Gasteiger partial charge in [-0.3, -0.25) is 14.4 Å². The van der Waals surface area contributed by atoms with E-state index >= 15 is 0 Å². The molecular weight excluding hydrogens is 636 g/mol. The Morgan fingerprint density at radius 1 is 0.863 bits per heavy atom. The molecule has 6 rings (SSSR count). The lowest BCUT2D eigenvalue weighted by Gasteiger charge is -2.43. The Balaban J connectivity index is 1.19. The molecule has 3 heterocycles. The number of quaternary nitrogens is 1. The molecule has 3 aliphatic rings. The normalized spacial score (nSPS) is 25.8. The molecule has 6 atom stereocenters. The molecule has 2 unspecified atom stereocenters. The minimum Gasteiger partial charge on any atom is -0.391 e. The monoisotopic (exact) mass is 693 g/mol. The van der Waals surface area contributed by atoms with E-state index in [0.717, 1.165) is 53.5 Å². The highest BCUT2D eigenvalue weighted by Crippen LogP contribution is 2.43. The SMILES string of the molecule is CCC(C)C[N+]1(C)CCC[C@H](CNC(=O)[C@H]2CCCN2C(=O)[C@@H]2C[C@@H](O)CN2C(=O)CC(c2ccccc2)(c2ccccc2)c2ccccc2)C1. The van der Waals surface area contributed by atoms with Crippen molar-refractivity contribution in [3.8, 4) is 0 Å². The van der Waals surface area contributed by atoms with Crippen molar-refractivity contribution in [3.05, 3.63) is 108 Å². The lowest BCUT2D eigenvalue weighted by atomic mass is 9.67. The molecule has 3 aromatic rings. The van der Waals surface area contributed by atoms with Crippen LogP contribution in [0.25, 0.3) is 0 Å². The number of carbonyl (C=O) groups is 3. The molecule has 0 aliphatic carbocycles. The summed E-state index contributed by atoms with van der Waals surface area (Å²) < 4.78 is 1.05. The Kier molecular flexibility index (Phi) is 11.6. The van der Waals surface area contributed by atoms with Crippen molar-refractivity contribution in [2.45, 2.75) is 82.4 Å². The van der Waals surface area contributed by atoms with Gasteiger partial charge in [0.2, 0.25) is 17.7 Å². The van der Waals surface area contributed by atoms with Crippen molar-refractivity contribution in [2.24, 2.45) is 11.8 Å². The van der Waals surface area contributed by atoms with Gasteiger partial charge < -0.3 is 24.7 Å². The van der Waals surface area contributed by atoms with Crippen LogP contribution in [0.5, 0.6) is 0 Å². The second-order valence-electron chi connectivity index (χ2n) is 15.8. The van der Waals surface area contributed by atoms with Crippen LogP contribution in [0.2, 0.25) is 0 Å². The van der Waals surface area contributed by atoms with Crippen molar-refractivity contribution in [3.63, 3.8) is 0 Å². The van der Waals surface area contributed by atoms with E-state index in [1.165, 1.54) is 13.0 Å². The van der Waals surface area contributed by atoms with Crippen LogP contribution in [0.1, 0.15) is 75.5 Å². The van der Waals surface area contributed by atoms with Crippen molar-refractivity contribution >= 4 is 17.7 Å². The third-order valence-electron chi connectivity index (χ3n) is 12.0. The van der Waals surface area contributed by atoms with E-state index in [2.05, 4.69) is 62.6 Å². The quantitative estimate of drug-likeness (QED) is 0.197. The largest absolute Gasteiger partial charge is 0.391 e. The van der Waals surface area contributed by atoms with Gasteiger partial charge in [0.25, 0.3) is 0 Å². The second kappa shape index (κ2) is 16.1. The van der Waals surface area contributed by atoms with Crippen molar-refractivity contribution in [1.82, 2.24) is 15.1 Å². The number of β-amino-alcohol motifs (C(OH)–C–C–N with tert-alkyl or cyclic N) is 1. The average molecular weight is 694 g/mol. The summed E-state index contributed by atoms with van der Waals surface area (Å²) in [5.74, 6) is 0.554. The summed E-state index contributed by atoms with van der Waals surface area (Å²) in [7, 11) is 2.35. The number of nitrogens with one attached hydrogen (secondary N) is 1. The van der Waals surface area contributed by atoms with Crippen LogP contribution in [-0.2, 0) is 19.8 Å². The zero-order valence-electron chi connectivity index (χ0n) is 30.8. The number of piperidine rings is 1. The number of benzene rings is 3. The highest BCUT2D eigenvalue weighted by Gasteiger charge is 2.47. The molecule has 3 amide bonds. The molecule has 0 saturated carbocycles. The van der Waals surface area contributed by atoms with E-state index in [-0.39, 0.29) is 37.1 Å². The molecule has 0 radical (unpaired) electrons. The fourth-order valence-electron chi connectivity index (χ4n) is 9.26. The smallest absolute Gasteiger partial charge is 0.246 e.